The fourth-order valence-electron chi connectivity index (χ4n) is 6.20. The molecule has 3 aliphatic rings. The molecular weight excluding hydrogens is 516 g/mol. The molecule has 2 aromatic carbocycles. The lowest BCUT2D eigenvalue weighted by Crippen LogP contribution is -2.57. The minimum Gasteiger partial charge on any atom is -0.389 e. The quantitative estimate of drug-likeness (QED) is 0.587. The zero-order valence-electron chi connectivity index (χ0n) is 22.7. The van der Waals surface area contributed by atoms with Crippen LogP contribution < -0.4 is 0 Å². The van der Waals surface area contributed by atoms with Crippen LogP contribution in [-0.2, 0) is 30.7 Å². The summed E-state index contributed by atoms with van der Waals surface area (Å²) in [5.41, 5.74) is 2.01. The maximum absolute atomic E-state index is 13.7. The van der Waals surface area contributed by atoms with Crippen LogP contribution in [0.5, 0.6) is 0 Å². The zero-order chi connectivity index (χ0) is 27.4. The summed E-state index contributed by atoms with van der Waals surface area (Å²) in [7, 11) is -3.86. The largest absolute Gasteiger partial charge is 0.389 e. The molecule has 3 heterocycles. The molecule has 0 radical (unpaired) electrons. The van der Waals surface area contributed by atoms with Crippen LogP contribution in [-0.4, -0.2) is 85.8 Å². The first-order valence-electron chi connectivity index (χ1n) is 14.1. The number of carbonyl (C=O) groups is 1. The number of carbonyl (C=O) groups excluding carboxylic acids is 1. The van der Waals surface area contributed by atoms with Crippen LogP contribution in [0, 0.1) is 12.8 Å². The minimum absolute atomic E-state index is 0.0356. The number of amides is 1. The van der Waals surface area contributed by atoms with Crippen molar-refractivity contribution in [3.63, 3.8) is 0 Å². The standard InChI is InChI=1S/C30H40N2O6S/c1-22-7-5-6-10-29(22)39(35,36)32-19-25(33)20-37-21-28-27(32)12-11-26(38-28)18-30(34)31-15-13-24(14-16-31)17-23-8-3-2-4-9-23/h2-10,24-28,33H,11-21H2,1H3/t25-,26+,27-,28+/m0/s1. The number of aliphatic hydroxyl groups is 1. The predicted octanol–water partition coefficient (Wildman–Crippen LogP) is 3.16. The van der Waals surface area contributed by atoms with E-state index in [1.54, 1.807) is 25.1 Å². The van der Waals surface area contributed by atoms with Crippen molar-refractivity contribution in [3.8, 4) is 0 Å². The Morgan fingerprint density at radius 1 is 0.974 bits per heavy atom. The van der Waals surface area contributed by atoms with E-state index >= 15 is 0 Å². The number of β-amino-alcohol motifs (C(OH)–C–C–N with tert-alkyl or cyclic N) is 1. The number of nitrogens with zero attached hydrogens (tertiary/aromatic N) is 2. The van der Waals surface area contributed by atoms with Gasteiger partial charge in [-0.15, -0.1) is 0 Å². The molecule has 2 aromatic rings. The van der Waals surface area contributed by atoms with Crippen molar-refractivity contribution >= 4 is 15.9 Å². The second kappa shape index (κ2) is 12.5. The van der Waals surface area contributed by atoms with Gasteiger partial charge < -0.3 is 19.5 Å². The number of rotatable bonds is 6. The van der Waals surface area contributed by atoms with Crippen molar-refractivity contribution < 1.29 is 27.8 Å². The van der Waals surface area contributed by atoms with E-state index in [1.807, 2.05) is 17.0 Å². The number of hydrogen-bond donors (Lipinski definition) is 1. The van der Waals surface area contributed by atoms with Crippen molar-refractivity contribution in [2.24, 2.45) is 5.92 Å². The molecule has 0 aliphatic carbocycles. The van der Waals surface area contributed by atoms with Gasteiger partial charge in [-0.2, -0.15) is 4.31 Å². The number of piperidine rings is 1. The van der Waals surface area contributed by atoms with E-state index in [0.717, 1.165) is 32.4 Å². The first-order chi connectivity index (χ1) is 18.8. The third kappa shape index (κ3) is 6.72. The highest BCUT2D eigenvalue weighted by Crippen LogP contribution is 2.33. The third-order valence-electron chi connectivity index (χ3n) is 8.35. The molecule has 5 rings (SSSR count). The van der Waals surface area contributed by atoms with Crippen molar-refractivity contribution in [2.75, 3.05) is 32.8 Å². The number of sulfonamides is 1. The number of aliphatic hydroxyl groups excluding tert-OH is 1. The minimum atomic E-state index is -3.86. The van der Waals surface area contributed by atoms with Gasteiger partial charge in [0, 0.05) is 19.6 Å². The fourth-order valence-corrected chi connectivity index (χ4v) is 8.14. The molecule has 3 saturated heterocycles. The lowest BCUT2D eigenvalue weighted by molar-refractivity contribution is -0.152. The molecule has 1 amide bonds. The molecule has 0 spiro atoms. The van der Waals surface area contributed by atoms with E-state index in [1.165, 1.54) is 9.87 Å². The number of fused-ring (bicyclic) bond motifs is 1. The summed E-state index contributed by atoms with van der Waals surface area (Å²) in [5, 5.41) is 10.4. The summed E-state index contributed by atoms with van der Waals surface area (Å²) in [6.45, 7) is 3.46. The van der Waals surface area contributed by atoms with E-state index in [2.05, 4.69) is 24.3 Å². The van der Waals surface area contributed by atoms with Gasteiger partial charge in [0.15, 0.2) is 0 Å². The molecule has 39 heavy (non-hydrogen) atoms. The average Bonchev–Trinajstić information content (AvgIpc) is 2.92. The van der Waals surface area contributed by atoms with Crippen LogP contribution in [0.1, 0.15) is 43.2 Å². The molecule has 9 heteroatoms. The Labute approximate surface area is 232 Å². The maximum Gasteiger partial charge on any atom is 0.243 e. The van der Waals surface area contributed by atoms with Crippen LogP contribution in [0.3, 0.4) is 0 Å². The molecule has 212 valence electrons. The van der Waals surface area contributed by atoms with Crippen molar-refractivity contribution in [1.82, 2.24) is 9.21 Å². The topological polar surface area (TPSA) is 96.4 Å². The number of ether oxygens (including phenoxy) is 2. The fraction of sp³-hybridized carbons (Fsp3) is 0.567. The molecule has 3 fully saturated rings. The van der Waals surface area contributed by atoms with Gasteiger partial charge in [0.2, 0.25) is 15.9 Å². The number of likely N-dealkylation sites (tertiary alicyclic amines) is 1. The Balaban J connectivity index is 1.20. The lowest BCUT2D eigenvalue weighted by Gasteiger charge is -2.44. The van der Waals surface area contributed by atoms with Gasteiger partial charge in [-0.3, -0.25) is 4.79 Å². The molecule has 4 atom stereocenters. The monoisotopic (exact) mass is 556 g/mol. The van der Waals surface area contributed by atoms with Gasteiger partial charge in [-0.05, 0) is 62.1 Å². The van der Waals surface area contributed by atoms with Crippen LogP contribution in [0.25, 0.3) is 0 Å². The first kappa shape index (κ1) is 28.2. The molecule has 0 bridgehead atoms. The number of benzene rings is 2. The summed E-state index contributed by atoms with van der Waals surface area (Å²) < 4.78 is 40.9. The molecule has 0 aromatic heterocycles. The van der Waals surface area contributed by atoms with Crippen LogP contribution >= 0.6 is 0 Å². The van der Waals surface area contributed by atoms with Gasteiger partial charge in [0.05, 0.1) is 48.9 Å². The van der Waals surface area contributed by atoms with E-state index in [0.29, 0.717) is 30.7 Å². The van der Waals surface area contributed by atoms with Gasteiger partial charge >= 0.3 is 0 Å². The second-order valence-corrected chi connectivity index (χ2v) is 13.0. The van der Waals surface area contributed by atoms with Crippen LogP contribution in [0.4, 0.5) is 0 Å². The third-order valence-corrected chi connectivity index (χ3v) is 10.4. The highest BCUT2D eigenvalue weighted by atomic mass is 32.2. The maximum atomic E-state index is 13.7. The molecule has 0 unspecified atom stereocenters. The van der Waals surface area contributed by atoms with Gasteiger partial charge in [-0.25, -0.2) is 8.42 Å². The highest BCUT2D eigenvalue weighted by molar-refractivity contribution is 7.89. The Hall–Kier alpha value is -2.30. The summed E-state index contributed by atoms with van der Waals surface area (Å²) in [5.74, 6) is 0.690. The first-order valence-corrected chi connectivity index (χ1v) is 15.6. The molecule has 8 nitrogen and oxygen atoms in total. The second-order valence-electron chi connectivity index (χ2n) is 11.2. The summed E-state index contributed by atoms with van der Waals surface area (Å²) in [6, 6.07) is 16.9. The SMILES string of the molecule is Cc1ccccc1S(=O)(=O)N1C[C@H](O)COC[C@H]2O[C@@H](CC(=O)N3CCC(Cc4ccccc4)CC3)CC[C@@H]21. The molecule has 3 aliphatic heterocycles. The molecule has 0 saturated carbocycles. The van der Waals surface area contributed by atoms with E-state index in [4.69, 9.17) is 9.47 Å². The number of hydrogen-bond acceptors (Lipinski definition) is 6. The number of aryl methyl sites for hydroxylation is 1. The van der Waals surface area contributed by atoms with Crippen LogP contribution in [0.2, 0.25) is 0 Å². The van der Waals surface area contributed by atoms with Gasteiger partial charge in [-0.1, -0.05) is 48.5 Å². The molecule has 1 N–H and O–H groups in total. The Morgan fingerprint density at radius 3 is 2.44 bits per heavy atom. The Bertz CT molecular complexity index is 1210. The lowest BCUT2D eigenvalue weighted by atomic mass is 9.90. The summed E-state index contributed by atoms with van der Waals surface area (Å²) in [6.07, 6.45) is 2.76. The van der Waals surface area contributed by atoms with Gasteiger partial charge in [0.1, 0.15) is 0 Å². The van der Waals surface area contributed by atoms with E-state index in [9.17, 15) is 18.3 Å². The van der Waals surface area contributed by atoms with Crippen molar-refractivity contribution in [2.45, 2.75) is 74.7 Å². The predicted molar refractivity (Wildman–Crippen MR) is 148 cm³/mol. The van der Waals surface area contributed by atoms with E-state index < -0.39 is 28.3 Å². The van der Waals surface area contributed by atoms with Crippen molar-refractivity contribution in [3.05, 3.63) is 65.7 Å². The Kier molecular flexibility index (Phi) is 9.03. The van der Waals surface area contributed by atoms with Crippen LogP contribution in [0.15, 0.2) is 59.5 Å². The normalized spacial score (nSPS) is 27.4. The van der Waals surface area contributed by atoms with E-state index in [-0.39, 0.29) is 36.7 Å². The Morgan fingerprint density at radius 2 is 1.69 bits per heavy atom. The smallest absolute Gasteiger partial charge is 0.243 e. The van der Waals surface area contributed by atoms with Crippen molar-refractivity contribution in [1.29, 1.82) is 0 Å². The zero-order valence-corrected chi connectivity index (χ0v) is 23.5. The molecular formula is C30H40N2O6S. The van der Waals surface area contributed by atoms with Gasteiger partial charge in [0.25, 0.3) is 0 Å². The highest BCUT2D eigenvalue weighted by Gasteiger charge is 2.43. The summed E-state index contributed by atoms with van der Waals surface area (Å²) in [4.78, 5) is 15.4. The average molecular weight is 557 g/mol. The summed E-state index contributed by atoms with van der Waals surface area (Å²) >= 11 is 0.